The standard InChI is InChI=1S/C19H21ClN2O2/c1-13-8-10-15(11-9-13)22-18(24)19(2,3)17(23)21-12-14-6-4-5-7-16(14)20/h4-11H,12H2,1-3H3,(H,21,23)(H,22,24). The average Bonchev–Trinajstić information content (AvgIpc) is 2.55. The third-order valence-corrected chi connectivity index (χ3v) is 4.21. The van der Waals surface area contributed by atoms with Crippen LogP contribution in [-0.2, 0) is 16.1 Å². The van der Waals surface area contributed by atoms with Gasteiger partial charge in [0, 0.05) is 17.3 Å². The largest absolute Gasteiger partial charge is 0.351 e. The van der Waals surface area contributed by atoms with Crippen molar-refractivity contribution < 1.29 is 9.59 Å². The lowest BCUT2D eigenvalue weighted by molar-refractivity contribution is -0.138. The number of carbonyl (C=O) groups is 2. The Balaban J connectivity index is 1.99. The maximum Gasteiger partial charge on any atom is 0.239 e. The van der Waals surface area contributed by atoms with Gasteiger partial charge in [0.05, 0.1) is 0 Å². The van der Waals surface area contributed by atoms with Crippen molar-refractivity contribution in [3.8, 4) is 0 Å². The lowest BCUT2D eigenvalue weighted by atomic mass is 9.90. The normalized spacial score (nSPS) is 11.0. The molecule has 0 aliphatic rings. The first-order chi connectivity index (χ1) is 11.3. The van der Waals surface area contributed by atoms with Crippen molar-refractivity contribution in [2.24, 2.45) is 5.41 Å². The minimum atomic E-state index is -1.20. The van der Waals surface area contributed by atoms with Gasteiger partial charge in [-0.05, 0) is 44.5 Å². The second-order valence-electron chi connectivity index (χ2n) is 6.22. The maximum atomic E-state index is 12.4. The lowest BCUT2D eigenvalue weighted by Crippen LogP contribution is -2.44. The molecule has 0 atom stereocenters. The van der Waals surface area contributed by atoms with Crippen LogP contribution in [0.3, 0.4) is 0 Å². The smallest absolute Gasteiger partial charge is 0.239 e. The van der Waals surface area contributed by atoms with Crippen LogP contribution in [0.25, 0.3) is 0 Å². The van der Waals surface area contributed by atoms with Gasteiger partial charge >= 0.3 is 0 Å². The van der Waals surface area contributed by atoms with E-state index in [1.807, 2.05) is 49.4 Å². The van der Waals surface area contributed by atoms with E-state index in [0.29, 0.717) is 10.7 Å². The number of rotatable bonds is 5. The Morgan fingerprint density at radius 2 is 1.62 bits per heavy atom. The van der Waals surface area contributed by atoms with Crippen molar-refractivity contribution in [2.75, 3.05) is 5.32 Å². The summed E-state index contributed by atoms with van der Waals surface area (Å²) in [5.74, 6) is -0.713. The highest BCUT2D eigenvalue weighted by Gasteiger charge is 2.36. The Hall–Kier alpha value is -2.33. The molecule has 5 heteroatoms. The van der Waals surface area contributed by atoms with Crippen molar-refractivity contribution in [3.63, 3.8) is 0 Å². The highest BCUT2D eigenvalue weighted by atomic mass is 35.5. The summed E-state index contributed by atoms with van der Waals surface area (Å²) >= 11 is 6.07. The number of carbonyl (C=O) groups excluding carboxylic acids is 2. The van der Waals surface area contributed by atoms with Gasteiger partial charge in [0.15, 0.2) is 0 Å². The second-order valence-corrected chi connectivity index (χ2v) is 6.63. The molecule has 0 bridgehead atoms. The Labute approximate surface area is 147 Å². The Bertz CT molecular complexity index is 739. The van der Waals surface area contributed by atoms with Gasteiger partial charge in [-0.15, -0.1) is 0 Å². The molecule has 24 heavy (non-hydrogen) atoms. The molecule has 2 rings (SSSR count). The van der Waals surface area contributed by atoms with E-state index in [1.165, 1.54) is 0 Å². The molecule has 0 radical (unpaired) electrons. The molecule has 0 spiro atoms. The van der Waals surface area contributed by atoms with Gasteiger partial charge in [0.1, 0.15) is 5.41 Å². The van der Waals surface area contributed by atoms with Gasteiger partial charge in [0.2, 0.25) is 11.8 Å². The van der Waals surface area contributed by atoms with Crippen LogP contribution >= 0.6 is 11.6 Å². The highest BCUT2D eigenvalue weighted by Crippen LogP contribution is 2.20. The van der Waals surface area contributed by atoms with E-state index in [2.05, 4.69) is 10.6 Å². The molecule has 0 fully saturated rings. The van der Waals surface area contributed by atoms with E-state index in [9.17, 15) is 9.59 Å². The van der Waals surface area contributed by atoms with Crippen LogP contribution in [0.2, 0.25) is 5.02 Å². The number of aryl methyl sites for hydroxylation is 1. The zero-order chi connectivity index (χ0) is 17.7. The summed E-state index contributed by atoms with van der Waals surface area (Å²) in [6.07, 6.45) is 0. The Morgan fingerprint density at radius 3 is 2.25 bits per heavy atom. The molecule has 126 valence electrons. The summed E-state index contributed by atoms with van der Waals surface area (Å²) in [7, 11) is 0. The van der Waals surface area contributed by atoms with Crippen molar-refractivity contribution in [2.45, 2.75) is 27.3 Å². The van der Waals surface area contributed by atoms with E-state index in [1.54, 1.807) is 19.9 Å². The molecule has 2 amide bonds. The topological polar surface area (TPSA) is 58.2 Å². The van der Waals surface area contributed by atoms with Gasteiger partial charge in [0.25, 0.3) is 0 Å². The quantitative estimate of drug-likeness (QED) is 0.807. The van der Waals surface area contributed by atoms with Crippen LogP contribution in [0.4, 0.5) is 5.69 Å². The van der Waals surface area contributed by atoms with E-state index in [4.69, 9.17) is 11.6 Å². The minimum absolute atomic E-state index is 0.278. The van der Waals surface area contributed by atoms with Gasteiger partial charge in [-0.2, -0.15) is 0 Å². The average molecular weight is 345 g/mol. The number of hydrogen-bond donors (Lipinski definition) is 2. The fourth-order valence-corrected chi connectivity index (χ4v) is 2.27. The summed E-state index contributed by atoms with van der Waals surface area (Å²) < 4.78 is 0. The number of halogens is 1. The lowest BCUT2D eigenvalue weighted by Gasteiger charge is -2.23. The molecule has 0 heterocycles. The second kappa shape index (κ2) is 7.49. The number of amides is 2. The predicted octanol–water partition coefficient (Wildman–Crippen LogP) is 3.93. The van der Waals surface area contributed by atoms with Crippen LogP contribution in [0, 0.1) is 12.3 Å². The summed E-state index contributed by atoms with van der Waals surface area (Å²) in [5.41, 5.74) is 1.37. The number of benzene rings is 2. The van der Waals surface area contributed by atoms with Gasteiger partial charge in [-0.1, -0.05) is 47.5 Å². The Morgan fingerprint density at radius 1 is 1.00 bits per heavy atom. The predicted molar refractivity (Wildman–Crippen MR) is 96.9 cm³/mol. The molecule has 0 aliphatic heterocycles. The van der Waals surface area contributed by atoms with Crippen molar-refractivity contribution in [3.05, 3.63) is 64.7 Å². The van der Waals surface area contributed by atoms with E-state index < -0.39 is 5.41 Å². The van der Waals surface area contributed by atoms with E-state index >= 15 is 0 Å². The number of hydrogen-bond acceptors (Lipinski definition) is 2. The highest BCUT2D eigenvalue weighted by molar-refractivity contribution is 6.31. The summed E-state index contributed by atoms with van der Waals surface area (Å²) in [4.78, 5) is 24.9. The molecule has 0 unspecified atom stereocenters. The fraction of sp³-hybridized carbons (Fsp3) is 0.263. The monoisotopic (exact) mass is 344 g/mol. The molecule has 0 aromatic heterocycles. The molecule has 0 saturated heterocycles. The summed E-state index contributed by atoms with van der Waals surface area (Å²) in [6.45, 7) is 5.44. The van der Waals surface area contributed by atoms with Crippen LogP contribution < -0.4 is 10.6 Å². The molecule has 0 saturated carbocycles. The fourth-order valence-electron chi connectivity index (χ4n) is 2.07. The SMILES string of the molecule is Cc1ccc(NC(=O)C(C)(C)C(=O)NCc2ccccc2Cl)cc1. The first-order valence-corrected chi connectivity index (χ1v) is 8.08. The van der Waals surface area contributed by atoms with Gasteiger partial charge < -0.3 is 10.6 Å². The molecule has 2 aromatic carbocycles. The number of anilines is 1. The van der Waals surface area contributed by atoms with E-state index in [-0.39, 0.29) is 18.4 Å². The van der Waals surface area contributed by atoms with Crippen molar-refractivity contribution in [1.82, 2.24) is 5.32 Å². The molecular formula is C19H21ClN2O2. The number of nitrogens with one attached hydrogen (secondary N) is 2. The molecule has 4 nitrogen and oxygen atoms in total. The molecule has 2 N–H and O–H groups in total. The third-order valence-electron chi connectivity index (χ3n) is 3.84. The van der Waals surface area contributed by atoms with Crippen LogP contribution in [0.15, 0.2) is 48.5 Å². The molecular weight excluding hydrogens is 324 g/mol. The van der Waals surface area contributed by atoms with Crippen LogP contribution in [0.1, 0.15) is 25.0 Å². The third kappa shape index (κ3) is 4.36. The van der Waals surface area contributed by atoms with Crippen molar-refractivity contribution in [1.29, 1.82) is 0 Å². The first kappa shape index (κ1) is 18.0. The van der Waals surface area contributed by atoms with Crippen LogP contribution in [-0.4, -0.2) is 11.8 Å². The zero-order valence-corrected chi connectivity index (χ0v) is 14.8. The van der Waals surface area contributed by atoms with Gasteiger partial charge in [-0.25, -0.2) is 0 Å². The summed E-state index contributed by atoms with van der Waals surface area (Å²) in [6, 6.07) is 14.7. The zero-order valence-electron chi connectivity index (χ0n) is 14.0. The van der Waals surface area contributed by atoms with Crippen LogP contribution in [0.5, 0.6) is 0 Å². The van der Waals surface area contributed by atoms with Crippen molar-refractivity contribution >= 4 is 29.1 Å². The molecule has 2 aromatic rings. The Kier molecular flexibility index (Phi) is 5.62. The summed E-state index contributed by atoms with van der Waals surface area (Å²) in [5, 5.41) is 6.13. The van der Waals surface area contributed by atoms with E-state index in [0.717, 1.165) is 11.1 Å². The minimum Gasteiger partial charge on any atom is -0.351 e. The molecule has 0 aliphatic carbocycles. The first-order valence-electron chi connectivity index (χ1n) is 7.70. The maximum absolute atomic E-state index is 12.4. The van der Waals surface area contributed by atoms with Gasteiger partial charge in [-0.3, -0.25) is 9.59 Å².